The standard InChI is InChI=1S/C15H14ClN3/c16-11-3-1-2-10(8-11)13-4-5-14-15(18-13)17-12-6-7-19(14)9-12/h1-5,8,12H,6-7,9H2,(H,17,18). The van der Waals surface area contributed by atoms with Crippen molar-refractivity contribution in [2.75, 3.05) is 23.3 Å². The van der Waals surface area contributed by atoms with Crippen LogP contribution in [0.3, 0.4) is 0 Å². The first kappa shape index (κ1) is 11.1. The number of hydrogen-bond donors (Lipinski definition) is 1. The van der Waals surface area contributed by atoms with E-state index < -0.39 is 0 Å². The van der Waals surface area contributed by atoms with Gasteiger partial charge in [0, 0.05) is 29.7 Å². The Kier molecular flexibility index (Phi) is 2.42. The van der Waals surface area contributed by atoms with Crippen LogP contribution in [0.2, 0.25) is 5.02 Å². The third-order valence-electron chi connectivity index (χ3n) is 3.86. The van der Waals surface area contributed by atoms with E-state index in [0.717, 1.165) is 35.2 Å². The highest BCUT2D eigenvalue weighted by Crippen LogP contribution is 2.35. The van der Waals surface area contributed by atoms with Crippen molar-refractivity contribution in [3.8, 4) is 11.3 Å². The van der Waals surface area contributed by atoms with Crippen LogP contribution in [-0.2, 0) is 0 Å². The molecule has 0 amide bonds. The van der Waals surface area contributed by atoms with Crippen LogP contribution in [0.5, 0.6) is 0 Å². The lowest BCUT2D eigenvalue weighted by Gasteiger charge is -2.28. The van der Waals surface area contributed by atoms with Crippen LogP contribution in [0.1, 0.15) is 6.42 Å². The van der Waals surface area contributed by atoms with Crippen molar-refractivity contribution in [2.24, 2.45) is 0 Å². The van der Waals surface area contributed by atoms with Crippen LogP contribution < -0.4 is 10.2 Å². The van der Waals surface area contributed by atoms with E-state index in [1.165, 1.54) is 12.1 Å². The zero-order valence-corrected chi connectivity index (χ0v) is 11.2. The topological polar surface area (TPSA) is 28.2 Å². The number of aromatic nitrogens is 1. The Hall–Kier alpha value is -1.74. The van der Waals surface area contributed by atoms with Gasteiger partial charge in [-0.25, -0.2) is 4.98 Å². The van der Waals surface area contributed by atoms with Gasteiger partial charge in [-0.3, -0.25) is 0 Å². The fraction of sp³-hybridized carbons (Fsp3) is 0.267. The van der Waals surface area contributed by atoms with Crippen molar-refractivity contribution in [1.29, 1.82) is 0 Å². The van der Waals surface area contributed by atoms with Gasteiger partial charge in [-0.15, -0.1) is 0 Å². The molecule has 3 heterocycles. The molecule has 96 valence electrons. The molecule has 1 aromatic carbocycles. The first-order chi connectivity index (χ1) is 9.29. The monoisotopic (exact) mass is 271 g/mol. The molecule has 2 bridgehead atoms. The molecule has 1 fully saturated rings. The molecule has 2 aromatic rings. The van der Waals surface area contributed by atoms with E-state index in [2.05, 4.69) is 22.3 Å². The molecule has 4 heteroatoms. The number of hydrogen-bond acceptors (Lipinski definition) is 3. The molecule has 2 aliphatic rings. The molecule has 1 unspecified atom stereocenters. The third kappa shape index (κ3) is 1.85. The zero-order chi connectivity index (χ0) is 12.8. The van der Waals surface area contributed by atoms with Crippen LogP contribution in [0.4, 0.5) is 11.5 Å². The van der Waals surface area contributed by atoms with E-state index in [1.54, 1.807) is 0 Å². The molecule has 1 saturated heterocycles. The van der Waals surface area contributed by atoms with Crippen molar-refractivity contribution in [3.05, 3.63) is 41.4 Å². The summed E-state index contributed by atoms with van der Waals surface area (Å²) in [5.74, 6) is 1.01. The number of nitrogens with zero attached hydrogens (tertiary/aromatic N) is 2. The number of nitrogens with one attached hydrogen (secondary N) is 1. The number of anilines is 2. The van der Waals surface area contributed by atoms with Crippen LogP contribution >= 0.6 is 11.6 Å². The second-order valence-electron chi connectivity index (χ2n) is 5.15. The molecule has 0 saturated carbocycles. The van der Waals surface area contributed by atoms with Crippen molar-refractivity contribution >= 4 is 23.1 Å². The van der Waals surface area contributed by atoms with E-state index in [0.29, 0.717) is 6.04 Å². The molecule has 4 rings (SSSR count). The van der Waals surface area contributed by atoms with Gasteiger partial charge in [0.25, 0.3) is 0 Å². The lowest BCUT2D eigenvalue weighted by molar-refractivity contribution is 0.788. The van der Waals surface area contributed by atoms with Crippen molar-refractivity contribution in [2.45, 2.75) is 12.5 Å². The summed E-state index contributed by atoms with van der Waals surface area (Å²) in [7, 11) is 0. The first-order valence-corrected chi connectivity index (χ1v) is 6.96. The Bertz CT molecular complexity index is 641. The minimum Gasteiger partial charge on any atom is -0.366 e. The van der Waals surface area contributed by atoms with E-state index in [1.807, 2.05) is 24.3 Å². The summed E-state index contributed by atoms with van der Waals surface area (Å²) in [6, 6.07) is 12.6. The summed E-state index contributed by atoms with van der Waals surface area (Å²) in [4.78, 5) is 7.16. The summed E-state index contributed by atoms with van der Waals surface area (Å²) in [6.07, 6.45) is 1.20. The maximum Gasteiger partial charge on any atom is 0.150 e. The molecular weight excluding hydrogens is 258 g/mol. The van der Waals surface area contributed by atoms with Crippen molar-refractivity contribution < 1.29 is 0 Å². The molecular formula is C15H14ClN3. The normalized spacial score (nSPS) is 20.1. The highest BCUT2D eigenvalue weighted by atomic mass is 35.5. The molecule has 2 aliphatic heterocycles. The van der Waals surface area contributed by atoms with Gasteiger partial charge in [0.15, 0.2) is 5.82 Å². The van der Waals surface area contributed by atoms with Gasteiger partial charge in [-0.05, 0) is 30.7 Å². The maximum atomic E-state index is 6.04. The van der Waals surface area contributed by atoms with E-state index >= 15 is 0 Å². The average molecular weight is 272 g/mol. The van der Waals surface area contributed by atoms with E-state index in [-0.39, 0.29) is 0 Å². The van der Waals surface area contributed by atoms with Gasteiger partial charge in [-0.2, -0.15) is 0 Å². The average Bonchev–Trinajstić information content (AvgIpc) is 2.81. The largest absolute Gasteiger partial charge is 0.366 e. The minimum atomic E-state index is 0.551. The quantitative estimate of drug-likeness (QED) is 0.862. The Balaban J connectivity index is 1.78. The summed E-state index contributed by atoms with van der Waals surface area (Å²) in [5.41, 5.74) is 3.25. The number of rotatable bonds is 1. The van der Waals surface area contributed by atoms with Crippen molar-refractivity contribution in [1.82, 2.24) is 4.98 Å². The molecule has 0 aliphatic carbocycles. The molecule has 0 spiro atoms. The summed E-state index contributed by atoms with van der Waals surface area (Å²) in [6.45, 7) is 2.23. The Morgan fingerprint density at radius 3 is 3.11 bits per heavy atom. The van der Waals surface area contributed by atoms with Gasteiger partial charge < -0.3 is 10.2 Å². The van der Waals surface area contributed by atoms with E-state index in [9.17, 15) is 0 Å². The minimum absolute atomic E-state index is 0.551. The van der Waals surface area contributed by atoms with Gasteiger partial charge in [0.2, 0.25) is 0 Å². The Labute approximate surface area is 117 Å². The number of benzene rings is 1. The van der Waals surface area contributed by atoms with Gasteiger partial charge in [0.05, 0.1) is 11.4 Å². The smallest absolute Gasteiger partial charge is 0.150 e. The van der Waals surface area contributed by atoms with Crippen molar-refractivity contribution in [3.63, 3.8) is 0 Å². The lowest BCUT2D eigenvalue weighted by Crippen LogP contribution is -2.32. The summed E-state index contributed by atoms with van der Waals surface area (Å²) in [5, 5.41) is 4.27. The van der Waals surface area contributed by atoms with Gasteiger partial charge >= 0.3 is 0 Å². The summed E-state index contributed by atoms with van der Waals surface area (Å²) >= 11 is 6.04. The molecule has 0 radical (unpaired) electrons. The van der Waals surface area contributed by atoms with Crippen LogP contribution in [0, 0.1) is 0 Å². The highest BCUT2D eigenvalue weighted by molar-refractivity contribution is 6.30. The number of pyridine rings is 1. The van der Waals surface area contributed by atoms with Gasteiger partial charge in [-0.1, -0.05) is 23.7 Å². The lowest BCUT2D eigenvalue weighted by atomic mass is 10.1. The Morgan fingerprint density at radius 1 is 1.26 bits per heavy atom. The first-order valence-electron chi connectivity index (χ1n) is 6.58. The summed E-state index contributed by atoms with van der Waals surface area (Å²) < 4.78 is 0. The van der Waals surface area contributed by atoms with Crippen LogP contribution in [0.15, 0.2) is 36.4 Å². The Morgan fingerprint density at radius 2 is 2.21 bits per heavy atom. The maximum absolute atomic E-state index is 6.04. The highest BCUT2D eigenvalue weighted by Gasteiger charge is 2.30. The SMILES string of the molecule is Clc1cccc(-c2ccc3c(n2)NC2CCN3C2)c1. The third-order valence-corrected chi connectivity index (χ3v) is 4.10. The van der Waals surface area contributed by atoms with Gasteiger partial charge in [0.1, 0.15) is 0 Å². The van der Waals surface area contributed by atoms with Crippen LogP contribution in [-0.4, -0.2) is 24.1 Å². The molecule has 3 nitrogen and oxygen atoms in total. The molecule has 19 heavy (non-hydrogen) atoms. The number of halogens is 1. The molecule has 1 atom stereocenters. The number of fused-ring (bicyclic) bond motifs is 4. The second-order valence-corrected chi connectivity index (χ2v) is 5.59. The van der Waals surface area contributed by atoms with Crippen LogP contribution in [0.25, 0.3) is 11.3 Å². The fourth-order valence-corrected chi connectivity index (χ4v) is 3.10. The predicted octanol–water partition coefficient (Wildman–Crippen LogP) is 3.41. The fourth-order valence-electron chi connectivity index (χ4n) is 2.91. The second kappa shape index (κ2) is 4.14. The predicted molar refractivity (Wildman–Crippen MR) is 78.9 cm³/mol. The molecule has 1 N–H and O–H groups in total. The zero-order valence-electron chi connectivity index (χ0n) is 10.4. The molecule has 1 aromatic heterocycles. The van der Waals surface area contributed by atoms with E-state index in [4.69, 9.17) is 16.6 Å².